The summed E-state index contributed by atoms with van der Waals surface area (Å²) in [6.45, 7) is 5.58. The van der Waals surface area contributed by atoms with Crippen molar-refractivity contribution in [1.29, 1.82) is 0 Å². The Balaban J connectivity index is 1.91. The molecule has 0 spiro atoms. The van der Waals surface area contributed by atoms with Gasteiger partial charge in [-0.3, -0.25) is 0 Å². The quantitative estimate of drug-likeness (QED) is 0.864. The van der Waals surface area contributed by atoms with Crippen molar-refractivity contribution >= 4 is 0 Å². The molecule has 100 valence electrons. The van der Waals surface area contributed by atoms with E-state index in [1.165, 1.54) is 11.1 Å². The number of rotatable bonds is 5. The highest BCUT2D eigenvalue weighted by molar-refractivity contribution is 5.21. The molecule has 0 radical (unpaired) electrons. The molecule has 1 aromatic carbocycles. The summed E-state index contributed by atoms with van der Waals surface area (Å²) in [5, 5.41) is 9.56. The molecule has 2 rings (SSSR count). The lowest BCUT2D eigenvalue weighted by molar-refractivity contribution is 0.0625. The molecule has 1 saturated heterocycles. The van der Waals surface area contributed by atoms with E-state index in [9.17, 15) is 5.11 Å². The van der Waals surface area contributed by atoms with E-state index < -0.39 is 0 Å². The lowest BCUT2D eigenvalue weighted by atomic mass is 9.88. The number of hydrogen-bond acceptors (Lipinski definition) is 3. The van der Waals surface area contributed by atoms with Gasteiger partial charge in [-0.25, -0.2) is 0 Å². The SMILES string of the molecule is Cc1ccc(CN(C)CC2(CO)CCOC2)cc1. The molecule has 0 bridgehead atoms. The first-order chi connectivity index (χ1) is 8.63. The molecule has 0 amide bonds. The second-order valence-corrected chi connectivity index (χ2v) is 5.62. The van der Waals surface area contributed by atoms with Crippen LogP contribution in [0.5, 0.6) is 0 Å². The summed E-state index contributed by atoms with van der Waals surface area (Å²) in [6.07, 6.45) is 0.960. The van der Waals surface area contributed by atoms with Crippen LogP contribution < -0.4 is 0 Å². The van der Waals surface area contributed by atoms with E-state index in [2.05, 4.69) is 43.1 Å². The molecule has 1 fully saturated rings. The van der Waals surface area contributed by atoms with Crippen molar-refractivity contribution in [2.45, 2.75) is 19.9 Å². The Morgan fingerprint density at radius 3 is 2.61 bits per heavy atom. The monoisotopic (exact) mass is 249 g/mol. The number of aliphatic hydroxyl groups excluding tert-OH is 1. The molecule has 1 aromatic rings. The zero-order chi connectivity index (χ0) is 13.0. The number of benzene rings is 1. The van der Waals surface area contributed by atoms with Gasteiger partial charge in [0.2, 0.25) is 0 Å². The lowest BCUT2D eigenvalue weighted by Gasteiger charge is -2.30. The highest BCUT2D eigenvalue weighted by Crippen LogP contribution is 2.29. The highest BCUT2D eigenvalue weighted by atomic mass is 16.5. The van der Waals surface area contributed by atoms with Gasteiger partial charge in [0.1, 0.15) is 0 Å². The molecule has 3 nitrogen and oxygen atoms in total. The highest BCUT2D eigenvalue weighted by Gasteiger charge is 2.35. The molecular formula is C15H23NO2. The summed E-state index contributed by atoms with van der Waals surface area (Å²) in [5.41, 5.74) is 2.55. The second kappa shape index (κ2) is 5.83. The van der Waals surface area contributed by atoms with Gasteiger partial charge in [0.15, 0.2) is 0 Å². The van der Waals surface area contributed by atoms with Gasteiger partial charge in [0.25, 0.3) is 0 Å². The zero-order valence-electron chi connectivity index (χ0n) is 11.4. The Kier molecular flexibility index (Phi) is 4.38. The van der Waals surface area contributed by atoms with Crippen LogP contribution in [0.1, 0.15) is 17.5 Å². The van der Waals surface area contributed by atoms with Gasteiger partial charge in [0, 0.05) is 25.1 Å². The third-order valence-corrected chi connectivity index (χ3v) is 3.70. The van der Waals surface area contributed by atoms with Crippen molar-refractivity contribution in [2.75, 3.05) is 33.4 Å². The van der Waals surface area contributed by atoms with Crippen LogP contribution in [0.4, 0.5) is 0 Å². The lowest BCUT2D eigenvalue weighted by Crippen LogP contribution is -2.38. The van der Waals surface area contributed by atoms with Gasteiger partial charge in [-0.05, 0) is 26.0 Å². The summed E-state index contributed by atoms with van der Waals surface area (Å²) in [6, 6.07) is 8.62. The van der Waals surface area contributed by atoms with Crippen molar-refractivity contribution < 1.29 is 9.84 Å². The predicted molar refractivity (Wildman–Crippen MR) is 72.5 cm³/mol. The number of nitrogens with zero attached hydrogens (tertiary/aromatic N) is 1. The average Bonchev–Trinajstić information content (AvgIpc) is 2.81. The normalized spacial score (nSPS) is 23.8. The summed E-state index contributed by atoms with van der Waals surface area (Å²) < 4.78 is 5.43. The molecule has 3 heteroatoms. The average molecular weight is 249 g/mol. The molecule has 0 aromatic heterocycles. The topological polar surface area (TPSA) is 32.7 Å². The molecule has 1 unspecified atom stereocenters. The molecule has 0 aliphatic carbocycles. The molecule has 0 saturated carbocycles. The maximum absolute atomic E-state index is 9.56. The molecule has 1 aliphatic rings. The maximum Gasteiger partial charge on any atom is 0.0557 e. The Morgan fingerprint density at radius 1 is 1.33 bits per heavy atom. The Hall–Kier alpha value is -0.900. The van der Waals surface area contributed by atoms with Gasteiger partial charge >= 0.3 is 0 Å². The van der Waals surface area contributed by atoms with Gasteiger partial charge in [-0.1, -0.05) is 29.8 Å². The van der Waals surface area contributed by atoms with Crippen LogP contribution in [0.3, 0.4) is 0 Å². The zero-order valence-corrected chi connectivity index (χ0v) is 11.4. The first-order valence-corrected chi connectivity index (χ1v) is 6.56. The number of aryl methyl sites for hydroxylation is 1. The van der Waals surface area contributed by atoms with E-state index in [-0.39, 0.29) is 12.0 Å². The fraction of sp³-hybridized carbons (Fsp3) is 0.600. The molecule has 1 N–H and O–H groups in total. The van der Waals surface area contributed by atoms with Crippen molar-refractivity contribution in [3.05, 3.63) is 35.4 Å². The molecule has 1 atom stereocenters. The summed E-state index contributed by atoms with van der Waals surface area (Å²) in [5.74, 6) is 0. The second-order valence-electron chi connectivity index (χ2n) is 5.62. The first kappa shape index (κ1) is 13.5. The van der Waals surface area contributed by atoms with Crippen LogP contribution in [0.25, 0.3) is 0 Å². The molecule has 1 aliphatic heterocycles. The minimum atomic E-state index is -0.0561. The largest absolute Gasteiger partial charge is 0.396 e. The Morgan fingerprint density at radius 2 is 2.06 bits per heavy atom. The fourth-order valence-electron chi connectivity index (χ4n) is 2.58. The van der Waals surface area contributed by atoms with Crippen molar-refractivity contribution in [2.24, 2.45) is 5.41 Å². The Bertz CT molecular complexity index is 369. The van der Waals surface area contributed by atoms with Crippen molar-refractivity contribution in [3.63, 3.8) is 0 Å². The molecular weight excluding hydrogens is 226 g/mol. The van der Waals surface area contributed by atoms with Crippen LogP contribution in [0, 0.1) is 12.3 Å². The van der Waals surface area contributed by atoms with Gasteiger partial charge in [-0.15, -0.1) is 0 Å². The first-order valence-electron chi connectivity index (χ1n) is 6.56. The Labute approximate surface area is 109 Å². The molecule has 18 heavy (non-hydrogen) atoms. The van der Waals surface area contributed by atoms with Crippen LogP contribution >= 0.6 is 0 Å². The van der Waals surface area contributed by atoms with E-state index in [1.54, 1.807) is 0 Å². The summed E-state index contributed by atoms with van der Waals surface area (Å²) in [4.78, 5) is 2.27. The summed E-state index contributed by atoms with van der Waals surface area (Å²) >= 11 is 0. The van der Waals surface area contributed by atoms with E-state index in [0.29, 0.717) is 6.61 Å². The smallest absolute Gasteiger partial charge is 0.0557 e. The third-order valence-electron chi connectivity index (χ3n) is 3.70. The molecule has 1 heterocycles. The van der Waals surface area contributed by atoms with E-state index in [0.717, 1.165) is 26.1 Å². The number of aliphatic hydroxyl groups is 1. The van der Waals surface area contributed by atoms with Gasteiger partial charge in [0.05, 0.1) is 13.2 Å². The number of ether oxygens (including phenoxy) is 1. The maximum atomic E-state index is 9.56. The van der Waals surface area contributed by atoms with Crippen LogP contribution in [0.15, 0.2) is 24.3 Å². The predicted octanol–water partition coefficient (Wildman–Crippen LogP) is 1.83. The standard InChI is InChI=1S/C15H23NO2/c1-13-3-5-14(6-4-13)9-16(2)10-15(11-17)7-8-18-12-15/h3-6,17H,7-12H2,1-2H3. The van der Waals surface area contributed by atoms with Crippen LogP contribution in [0.2, 0.25) is 0 Å². The van der Waals surface area contributed by atoms with Crippen molar-refractivity contribution in [1.82, 2.24) is 4.90 Å². The van der Waals surface area contributed by atoms with Gasteiger partial charge in [-0.2, -0.15) is 0 Å². The van der Waals surface area contributed by atoms with Crippen LogP contribution in [-0.2, 0) is 11.3 Å². The van der Waals surface area contributed by atoms with Gasteiger partial charge < -0.3 is 14.7 Å². The fourth-order valence-corrected chi connectivity index (χ4v) is 2.58. The van der Waals surface area contributed by atoms with E-state index >= 15 is 0 Å². The summed E-state index contributed by atoms with van der Waals surface area (Å²) in [7, 11) is 2.11. The third kappa shape index (κ3) is 3.31. The van der Waals surface area contributed by atoms with Crippen LogP contribution in [-0.4, -0.2) is 43.4 Å². The van der Waals surface area contributed by atoms with E-state index in [1.807, 2.05) is 0 Å². The van der Waals surface area contributed by atoms with Crippen molar-refractivity contribution in [3.8, 4) is 0 Å². The minimum absolute atomic E-state index is 0.0561. The minimum Gasteiger partial charge on any atom is -0.396 e. The van der Waals surface area contributed by atoms with E-state index in [4.69, 9.17) is 4.74 Å². The number of hydrogen-bond donors (Lipinski definition) is 1.